The number of hydrogen-bond donors (Lipinski definition) is 1. The molecule has 1 aromatic rings. The van der Waals surface area contributed by atoms with Crippen LogP contribution in [0.4, 0.5) is 0 Å². The van der Waals surface area contributed by atoms with E-state index in [1.807, 2.05) is 6.92 Å². The van der Waals surface area contributed by atoms with Crippen LogP contribution in [0.15, 0.2) is 18.2 Å². The van der Waals surface area contributed by atoms with Crippen molar-refractivity contribution in [2.75, 3.05) is 13.1 Å². The van der Waals surface area contributed by atoms with Crippen LogP contribution in [-0.2, 0) is 9.59 Å². The molecule has 5 nitrogen and oxygen atoms in total. The largest absolute Gasteiger partial charge is 0.481 e. The summed E-state index contributed by atoms with van der Waals surface area (Å²) in [4.78, 5) is 24.4. The Morgan fingerprint density at radius 2 is 2.14 bits per heavy atom. The molecule has 1 aromatic carbocycles. The third kappa shape index (κ3) is 3.88. The molecule has 2 rings (SSSR count). The average molecular weight is 312 g/mol. The van der Waals surface area contributed by atoms with Crippen LogP contribution in [0, 0.1) is 12.8 Å². The molecular weight excluding hydrogens is 294 g/mol. The monoisotopic (exact) mass is 311 g/mol. The molecule has 1 aliphatic rings. The second-order valence-corrected chi connectivity index (χ2v) is 5.81. The van der Waals surface area contributed by atoms with Crippen molar-refractivity contribution in [3.63, 3.8) is 0 Å². The molecular formula is C15H18ClNO4. The number of carbonyl (C=O) groups is 2. The molecule has 21 heavy (non-hydrogen) atoms. The molecule has 0 radical (unpaired) electrons. The van der Waals surface area contributed by atoms with Crippen molar-refractivity contribution < 1.29 is 19.4 Å². The fourth-order valence-electron chi connectivity index (χ4n) is 2.37. The SMILES string of the molecule is Cc1cc(Cl)ccc1OC(C)C(=O)N1CC(CC(=O)O)C1. The summed E-state index contributed by atoms with van der Waals surface area (Å²) in [6.45, 7) is 4.53. The van der Waals surface area contributed by atoms with Gasteiger partial charge in [0.15, 0.2) is 6.10 Å². The number of aliphatic carboxylic acids is 1. The second kappa shape index (κ2) is 6.35. The zero-order chi connectivity index (χ0) is 15.6. The zero-order valence-corrected chi connectivity index (χ0v) is 12.8. The molecule has 1 amide bonds. The number of hydrogen-bond acceptors (Lipinski definition) is 3. The number of benzene rings is 1. The van der Waals surface area contributed by atoms with E-state index in [0.29, 0.717) is 23.9 Å². The normalized spacial score (nSPS) is 16.2. The average Bonchev–Trinajstić information content (AvgIpc) is 2.35. The number of nitrogens with zero attached hydrogens (tertiary/aromatic N) is 1. The van der Waals surface area contributed by atoms with Gasteiger partial charge in [-0.2, -0.15) is 0 Å². The second-order valence-electron chi connectivity index (χ2n) is 5.38. The molecule has 114 valence electrons. The predicted molar refractivity (Wildman–Crippen MR) is 78.6 cm³/mol. The molecule has 1 fully saturated rings. The summed E-state index contributed by atoms with van der Waals surface area (Å²) in [5.41, 5.74) is 0.870. The molecule has 0 bridgehead atoms. The first-order valence-corrected chi connectivity index (χ1v) is 7.18. The zero-order valence-electron chi connectivity index (χ0n) is 12.0. The van der Waals surface area contributed by atoms with Gasteiger partial charge < -0.3 is 14.7 Å². The Morgan fingerprint density at radius 3 is 2.71 bits per heavy atom. The lowest BCUT2D eigenvalue weighted by atomic mass is 9.96. The quantitative estimate of drug-likeness (QED) is 0.906. The van der Waals surface area contributed by atoms with E-state index < -0.39 is 12.1 Å². The molecule has 0 aliphatic carbocycles. The fraction of sp³-hybridized carbons (Fsp3) is 0.467. The van der Waals surface area contributed by atoms with Crippen LogP contribution in [0.1, 0.15) is 18.9 Å². The third-order valence-electron chi connectivity index (χ3n) is 3.52. The first kappa shape index (κ1) is 15.6. The minimum atomic E-state index is -0.826. The Labute approximate surface area is 128 Å². The Bertz CT molecular complexity index is 555. The van der Waals surface area contributed by atoms with Gasteiger partial charge in [0.2, 0.25) is 0 Å². The Kier molecular flexibility index (Phi) is 4.73. The summed E-state index contributed by atoms with van der Waals surface area (Å²) in [6.07, 6.45) is -0.495. The number of ether oxygens (including phenoxy) is 1. The Morgan fingerprint density at radius 1 is 1.48 bits per heavy atom. The van der Waals surface area contributed by atoms with Gasteiger partial charge in [0, 0.05) is 24.0 Å². The van der Waals surface area contributed by atoms with Crippen LogP contribution in [-0.4, -0.2) is 41.1 Å². The van der Waals surface area contributed by atoms with Crippen molar-refractivity contribution in [2.24, 2.45) is 5.92 Å². The smallest absolute Gasteiger partial charge is 0.303 e. The number of carboxylic acid groups (broad SMARTS) is 1. The van der Waals surface area contributed by atoms with Crippen molar-refractivity contribution in [2.45, 2.75) is 26.4 Å². The molecule has 1 saturated heterocycles. The van der Waals surface area contributed by atoms with E-state index in [2.05, 4.69) is 0 Å². The van der Waals surface area contributed by atoms with Crippen LogP contribution >= 0.6 is 11.6 Å². The highest BCUT2D eigenvalue weighted by molar-refractivity contribution is 6.30. The molecule has 0 saturated carbocycles. The van der Waals surface area contributed by atoms with E-state index in [9.17, 15) is 9.59 Å². The molecule has 1 aliphatic heterocycles. The first-order chi connectivity index (χ1) is 9.86. The standard InChI is InChI=1S/C15H18ClNO4/c1-9-5-12(16)3-4-13(9)21-10(2)15(20)17-7-11(8-17)6-14(18)19/h3-5,10-11H,6-8H2,1-2H3,(H,18,19). The van der Waals surface area contributed by atoms with E-state index in [0.717, 1.165) is 5.56 Å². The van der Waals surface area contributed by atoms with E-state index in [-0.39, 0.29) is 18.2 Å². The predicted octanol–water partition coefficient (Wildman–Crippen LogP) is 2.35. The maximum Gasteiger partial charge on any atom is 0.303 e. The fourth-order valence-corrected chi connectivity index (χ4v) is 2.60. The van der Waals surface area contributed by atoms with Crippen LogP contribution in [0.5, 0.6) is 5.75 Å². The van der Waals surface area contributed by atoms with E-state index in [4.69, 9.17) is 21.4 Å². The summed E-state index contributed by atoms with van der Waals surface area (Å²) in [7, 11) is 0. The highest BCUT2D eigenvalue weighted by atomic mass is 35.5. The van der Waals surface area contributed by atoms with Gasteiger partial charge in [0.25, 0.3) is 5.91 Å². The van der Waals surface area contributed by atoms with Gasteiger partial charge in [-0.05, 0) is 37.6 Å². The maximum absolute atomic E-state index is 12.2. The minimum absolute atomic E-state index is 0.0518. The molecule has 0 aromatic heterocycles. The number of halogens is 1. The molecule has 1 atom stereocenters. The Hall–Kier alpha value is -1.75. The first-order valence-electron chi connectivity index (χ1n) is 6.80. The van der Waals surface area contributed by atoms with E-state index >= 15 is 0 Å². The highest BCUT2D eigenvalue weighted by Gasteiger charge is 2.34. The van der Waals surface area contributed by atoms with Gasteiger partial charge in [-0.25, -0.2) is 0 Å². The van der Waals surface area contributed by atoms with E-state index in [1.165, 1.54) is 0 Å². The molecule has 1 N–H and O–H groups in total. The van der Waals surface area contributed by atoms with Gasteiger partial charge in [0.1, 0.15) is 5.75 Å². The number of aryl methyl sites for hydroxylation is 1. The van der Waals surface area contributed by atoms with Crippen LogP contribution in [0.25, 0.3) is 0 Å². The summed E-state index contributed by atoms with van der Waals surface area (Å²) in [5, 5.41) is 9.32. The highest BCUT2D eigenvalue weighted by Crippen LogP contribution is 2.25. The lowest BCUT2D eigenvalue weighted by molar-refractivity contribution is -0.149. The van der Waals surface area contributed by atoms with Crippen molar-refractivity contribution in [3.05, 3.63) is 28.8 Å². The third-order valence-corrected chi connectivity index (χ3v) is 3.76. The summed E-state index contributed by atoms with van der Waals surface area (Å²) in [5.74, 6) is -0.266. The maximum atomic E-state index is 12.2. The van der Waals surface area contributed by atoms with Crippen LogP contribution < -0.4 is 4.74 Å². The number of carbonyl (C=O) groups excluding carboxylic acids is 1. The number of amides is 1. The molecule has 0 spiro atoms. The van der Waals surface area contributed by atoms with Gasteiger partial charge in [-0.15, -0.1) is 0 Å². The van der Waals surface area contributed by atoms with Gasteiger partial charge in [-0.3, -0.25) is 9.59 Å². The van der Waals surface area contributed by atoms with Crippen molar-refractivity contribution in [1.82, 2.24) is 4.90 Å². The topological polar surface area (TPSA) is 66.8 Å². The van der Waals surface area contributed by atoms with Crippen LogP contribution in [0.3, 0.4) is 0 Å². The summed E-state index contributed by atoms with van der Waals surface area (Å²) >= 11 is 5.88. The number of likely N-dealkylation sites (tertiary alicyclic amines) is 1. The lowest BCUT2D eigenvalue weighted by Crippen LogP contribution is -2.54. The molecule has 1 heterocycles. The van der Waals surface area contributed by atoms with Crippen molar-refractivity contribution >= 4 is 23.5 Å². The van der Waals surface area contributed by atoms with Crippen molar-refractivity contribution in [1.29, 1.82) is 0 Å². The minimum Gasteiger partial charge on any atom is -0.481 e. The van der Waals surface area contributed by atoms with Gasteiger partial charge in [-0.1, -0.05) is 11.6 Å². The lowest BCUT2D eigenvalue weighted by Gasteiger charge is -2.39. The van der Waals surface area contributed by atoms with Crippen molar-refractivity contribution in [3.8, 4) is 5.75 Å². The molecule has 6 heteroatoms. The summed E-state index contributed by atoms with van der Waals surface area (Å²) in [6, 6.07) is 5.24. The Balaban J connectivity index is 1.88. The number of carboxylic acids is 1. The number of rotatable bonds is 5. The van der Waals surface area contributed by atoms with Gasteiger partial charge >= 0.3 is 5.97 Å². The molecule has 1 unspecified atom stereocenters. The van der Waals surface area contributed by atoms with Gasteiger partial charge in [0.05, 0.1) is 6.42 Å². The van der Waals surface area contributed by atoms with Crippen LogP contribution in [0.2, 0.25) is 5.02 Å². The summed E-state index contributed by atoms with van der Waals surface area (Å²) < 4.78 is 5.67. The van der Waals surface area contributed by atoms with E-state index in [1.54, 1.807) is 30.0 Å².